The third kappa shape index (κ3) is 3.82. The number of ether oxygens (including phenoxy) is 1. The molecule has 0 unspecified atom stereocenters. The first-order valence-electron chi connectivity index (χ1n) is 10.7. The summed E-state index contributed by atoms with van der Waals surface area (Å²) in [6.45, 7) is 5.88. The Morgan fingerprint density at radius 1 is 1.03 bits per heavy atom. The van der Waals surface area contributed by atoms with Crippen LogP contribution in [-0.2, 0) is 10.2 Å². The number of phenols is 1. The molecule has 0 aliphatic rings. The van der Waals surface area contributed by atoms with Crippen LogP contribution >= 0.6 is 0 Å². The molecule has 0 aliphatic carbocycles. The fourth-order valence-electron chi connectivity index (χ4n) is 4.51. The van der Waals surface area contributed by atoms with Gasteiger partial charge in [0.15, 0.2) is 11.6 Å². The highest BCUT2D eigenvalue weighted by atomic mass is 19.1. The van der Waals surface area contributed by atoms with E-state index in [1.54, 1.807) is 48.9 Å². The first-order valence-corrected chi connectivity index (χ1v) is 10.7. The fraction of sp³-hybridized carbons (Fsp3) is 0.222. The predicted octanol–water partition coefficient (Wildman–Crippen LogP) is 6.21. The van der Waals surface area contributed by atoms with Gasteiger partial charge in [-0.3, -0.25) is 0 Å². The van der Waals surface area contributed by atoms with Crippen LogP contribution < -0.4 is 0 Å². The van der Waals surface area contributed by atoms with Gasteiger partial charge in [-0.15, -0.1) is 0 Å². The number of aromatic carboxylic acids is 1. The van der Waals surface area contributed by atoms with E-state index >= 15 is 0 Å². The van der Waals surface area contributed by atoms with Crippen LogP contribution in [0.1, 0.15) is 35.5 Å². The van der Waals surface area contributed by atoms with Crippen LogP contribution in [0.25, 0.3) is 27.7 Å². The van der Waals surface area contributed by atoms with Crippen molar-refractivity contribution in [3.05, 3.63) is 83.1 Å². The molecule has 176 valence electrons. The molecule has 0 bridgehead atoms. The van der Waals surface area contributed by atoms with E-state index in [9.17, 15) is 23.8 Å². The molecule has 0 spiro atoms. The molecule has 0 saturated heterocycles. The van der Waals surface area contributed by atoms with Gasteiger partial charge in [-0.25, -0.2) is 13.6 Å². The quantitative estimate of drug-likeness (QED) is 0.355. The third-order valence-corrected chi connectivity index (χ3v) is 6.02. The van der Waals surface area contributed by atoms with E-state index in [1.165, 1.54) is 24.3 Å². The van der Waals surface area contributed by atoms with E-state index in [1.807, 2.05) is 13.8 Å². The van der Waals surface area contributed by atoms with E-state index in [-0.39, 0.29) is 16.9 Å². The number of hydrogen-bond acceptors (Lipinski definition) is 3. The zero-order chi connectivity index (χ0) is 24.8. The summed E-state index contributed by atoms with van der Waals surface area (Å²) in [5, 5.41) is 20.7. The molecule has 7 heteroatoms. The van der Waals surface area contributed by atoms with E-state index in [0.717, 1.165) is 0 Å². The van der Waals surface area contributed by atoms with Crippen LogP contribution in [0.3, 0.4) is 0 Å². The number of rotatable bonds is 6. The van der Waals surface area contributed by atoms with Crippen molar-refractivity contribution in [3.8, 4) is 22.6 Å². The number of aromatic hydroxyl groups is 1. The number of methoxy groups -OCH3 is 1. The number of aryl methyl sites for hydroxylation is 1. The average Bonchev–Trinajstić information content (AvgIpc) is 3.15. The zero-order valence-corrected chi connectivity index (χ0v) is 19.3. The number of hydrogen-bond donors (Lipinski definition) is 2. The van der Waals surface area contributed by atoms with Crippen molar-refractivity contribution < 1.29 is 28.5 Å². The van der Waals surface area contributed by atoms with E-state index in [0.29, 0.717) is 40.1 Å². The van der Waals surface area contributed by atoms with Gasteiger partial charge in [0, 0.05) is 34.9 Å². The molecule has 1 heterocycles. The minimum absolute atomic E-state index is 0.0997. The van der Waals surface area contributed by atoms with E-state index in [4.69, 9.17) is 4.74 Å². The monoisotopic (exact) mass is 465 g/mol. The van der Waals surface area contributed by atoms with Crippen molar-refractivity contribution in [2.75, 3.05) is 13.7 Å². The second kappa shape index (κ2) is 8.57. The Labute approximate surface area is 195 Å². The normalized spacial score (nSPS) is 11.8. The second-order valence-electron chi connectivity index (χ2n) is 8.98. The topological polar surface area (TPSA) is 71.7 Å². The SMILES string of the molecule is COCC(C)(C)c1c(-c2ccc(F)c(C)c2)c2ccc(F)c(O)c2n1-c1ccc(C(=O)O)cc1. The molecule has 34 heavy (non-hydrogen) atoms. The molecule has 0 radical (unpaired) electrons. The van der Waals surface area contributed by atoms with Gasteiger partial charge >= 0.3 is 5.97 Å². The number of nitrogens with zero attached hydrogens (tertiary/aromatic N) is 1. The standard InChI is InChI=1S/C27H25F2NO4/c1-15-13-17(7-11-20(15)28)22-19-10-12-21(29)24(31)23(19)30(25(22)27(2,3)14-34-4)18-8-5-16(6-9-18)26(32)33/h5-13,31H,14H2,1-4H3,(H,32,33). The van der Waals surface area contributed by atoms with Crippen LogP contribution in [0.15, 0.2) is 54.6 Å². The Hall–Kier alpha value is -3.71. The average molecular weight is 465 g/mol. The second-order valence-corrected chi connectivity index (χ2v) is 8.98. The minimum atomic E-state index is -1.07. The van der Waals surface area contributed by atoms with Gasteiger partial charge in [-0.2, -0.15) is 0 Å². The van der Waals surface area contributed by atoms with Crippen molar-refractivity contribution in [2.24, 2.45) is 0 Å². The van der Waals surface area contributed by atoms with Crippen LogP contribution in [0.4, 0.5) is 8.78 Å². The number of carboxylic acid groups (broad SMARTS) is 1. The zero-order valence-electron chi connectivity index (χ0n) is 19.3. The molecular weight excluding hydrogens is 440 g/mol. The maximum atomic E-state index is 14.6. The fourth-order valence-corrected chi connectivity index (χ4v) is 4.51. The molecule has 0 saturated carbocycles. The molecule has 0 aliphatic heterocycles. The van der Waals surface area contributed by atoms with Crippen molar-refractivity contribution in [2.45, 2.75) is 26.2 Å². The van der Waals surface area contributed by atoms with Gasteiger partial charge in [0.1, 0.15) is 5.82 Å². The number of carboxylic acids is 1. The van der Waals surface area contributed by atoms with E-state index in [2.05, 4.69) is 0 Å². The van der Waals surface area contributed by atoms with Crippen molar-refractivity contribution >= 4 is 16.9 Å². The van der Waals surface area contributed by atoms with E-state index < -0.39 is 23.0 Å². The largest absolute Gasteiger partial charge is 0.503 e. The molecular formula is C27H25F2NO4. The van der Waals surface area contributed by atoms with Gasteiger partial charge in [0.2, 0.25) is 0 Å². The number of phenolic OH excluding ortho intramolecular Hbond substituents is 1. The number of carbonyl (C=O) groups is 1. The summed E-state index contributed by atoms with van der Waals surface area (Å²) in [5.41, 5.74) is 2.81. The maximum absolute atomic E-state index is 14.6. The van der Waals surface area contributed by atoms with Gasteiger partial charge in [0.05, 0.1) is 17.7 Å². The summed E-state index contributed by atoms with van der Waals surface area (Å²) in [4.78, 5) is 11.4. The van der Waals surface area contributed by atoms with Gasteiger partial charge in [-0.1, -0.05) is 19.9 Å². The number of aromatic nitrogens is 1. The Kier molecular flexibility index (Phi) is 5.91. The lowest BCUT2D eigenvalue weighted by molar-refractivity contribution is 0.0697. The summed E-state index contributed by atoms with van der Waals surface area (Å²) < 4.78 is 35.9. The highest BCUT2D eigenvalue weighted by molar-refractivity contribution is 6.02. The third-order valence-electron chi connectivity index (χ3n) is 6.02. The summed E-state index contributed by atoms with van der Waals surface area (Å²) in [6.07, 6.45) is 0. The summed E-state index contributed by atoms with van der Waals surface area (Å²) in [7, 11) is 1.58. The van der Waals surface area contributed by atoms with Crippen LogP contribution in [0.2, 0.25) is 0 Å². The summed E-state index contributed by atoms with van der Waals surface area (Å²) >= 11 is 0. The summed E-state index contributed by atoms with van der Waals surface area (Å²) in [6, 6.07) is 13.7. The van der Waals surface area contributed by atoms with Crippen LogP contribution in [-0.4, -0.2) is 34.5 Å². The number of benzene rings is 3. The first kappa shape index (κ1) is 23.4. The van der Waals surface area contributed by atoms with Crippen LogP contribution in [0, 0.1) is 18.6 Å². The Morgan fingerprint density at radius 3 is 2.26 bits per heavy atom. The maximum Gasteiger partial charge on any atom is 0.335 e. The van der Waals surface area contributed by atoms with Gasteiger partial charge in [-0.05, 0) is 66.6 Å². The first-order chi connectivity index (χ1) is 16.1. The molecule has 1 aromatic heterocycles. The lowest BCUT2D eigenvalue weighted by Gasteiger charge is -2.28. The Bertz CT molecular complexity index is 1400. The molecule has 0 fully saturated rings. The highest BCUT2D eigenvalue weighted by Gasteiger charge is 2.33. The van der Waals surface area contributed by atoms with Crippen molar-refractivity contribution in [3.63, 3.8) is 0 Å². The number of fused-ring (bicyclic) bond motifs is 1. The van der Waals surface area contributed by atoms with Gasteiger partial charge < -0.3 is 19.5 Å². The minimum Gasteiger partial charge on any atom is -0.503 e. The lowest BCUT2D eigenvalue weighted by Crippen LogP contribution is -2.27. The molecule has 3 aromatic carbocycles. The Morgan fingerprint density at radius 2 is 1.68 bits per heavy atom. The van der Waals surface area contributed by atoms with Crippen molar-refractivity contribution in [1.82, 2.24) is 4.57 Å². The predicted molar refractivity (Wildman–Crippen MR) is 127 cm³/mol. The Balaban J connectivity index is 2.19. The summed E-state index contributed by atoms with van der Waals surface area (Å²) in [5.74, 6) is -2.73. The molecule has 0 amide bonds. The molecule has 0 atom stereocenters. The molecule has 4 rings (SSSR count). The number of halogens is 2. The lowest BCUT2D eigenvalue weighted by atomic mass is 9.84. The van der Waals surface area contributed by atoms with Crippen LogP contribution in [0.5, 0.6) is 5.75 Å². The highest BCUT2D eigenvalue weighted by Crippen LogP contribution is 2.46. The molecule has 5 nitrogen and oxygen atoms in total. The van der Waals surface area contributed by atoms with Crippen molar-refractivity contribution in [1.29, 1.82) is 0 Å². The van der Waals surface area contributed by atoms with Gasteiger partial charge in [0.25, 0.3) is 0 Å². The molecule has 4 aromatic rings. The molecule has 2 N–H and O–H groups in total. The smallest absolute Gasteiger partial charge is 0.335 e.